The first-order valence-electron chi connectivity index (χ1n) is 3.71. The molecule has 1 aromatic rings. The van der Waals surface area contributed by atoms with E-state index >= 15 is 0 Å². The summed E-state index contributed by atoms with van der Waals surface area (Å²) in [5.41, 5.74) is 0. The van der Waals surface area contributed by atoms with Crippen molar-refractivity contribution in [2.75, 3.05) is 11.9 Å². The molecule has 0 aliphatic rings. The second kappa shape index (κ2) is 4.28. The highest BCUT2D eigenvalue weighted by atomic mass is 35.5. The largest absolute Gasteiger partial charge is 0.394 e. The average molecular weight is 187 g/mol. The predicted octanol–water partition coefficient (Wildman–Crippen LogP) is 1.53. The number of anilines is 1. The fraction of sp³-hybridized carbons (Fsp3) is 0.375. The lowest BCUT2D eigenvalue weighted by molar-refractivity contribution is 0.281. The monoisotopic (exact) mass is 186 g/mol. The summed E-state index contributed by atoms with van der Waals surface area (Å²) in [6.45, 7) is 1.96. The highest BCUT2D eigenvalue weighted by Crippen LogP contribution is 2.09. The molecule has 0 aromatic carbocycles. The Bertz CT molecular complexity index is 237. The van der Waals surface area contributed by atoms with Crippen LogP contribution in [0.3, 0.4) is 0 Å². The number of rotatable bonds is 3. The van der Waals surface area contributed by atoms with Crippen LogP contribution in [0.1, 0.15) is 6.92 Å². The van der Waals surface area contributed by atoms with Crippen molar-refractivity contribution in [2.24, 2.45) is 0 Å². The van der Waals surface area contributed by atoms with Gasteiger partial charge in [-0.05, 0) is 19.1 Å². The van der Waals surface area contributed by atoms with E-state index in [9.17, 15) is 0 Å². The van der Waals surface area contributed by atoms with Crippen molar-refractivity contribution in [3.8, 4) is 0 Å². The summed E-state index contributed by atoms with van der Waals surface area (Å²) in [5.74, 6) is 0.723. The van der Waals surface area contributed by atoms with Crippen molar-refractivity contribution in [2.45, 2.75) is 13.0 Å². The molecule has 0 aliphatic heterocycles. The summed E-state index contributed by atoms with van der Waals surface area (Å²) in [7, 11) is 0. The quantitative estimate of drug-likeness (QED) is 0.753. The molecule has 0 aliphatic carbocycles. The minimum atomic E-state index is 0.0127. The normalized spacial score (nSPS) is 12.6. The van der Waals surface area contributed by atoms with E-state index in [0.29, 0.717) is 5.02 Å². The Balaban J connectivity index is 2.58. The third-order valence-corrected chi connectivity index (χ3v) is 1.62. The minimum Gasteiger partial charge on any atom is -0.394 e. The van der Waals surface area contributed by atoms with Gasteiger partial charge in [-0.2, -0.15) is 0 Å². The number of pyridine rings is 1. The summed E-state index contributed by atoms with van der Waals surface area (Å²) >= 11 is 5.64. The number of hydrogen-bond acceptors (Lipinski definition) is 3. The zero-order valence-electron chi connectivity index (χ0n) is 6.79. The zero-order valence-corrected chi connectivity index (χ0v) is 7.54. The molecule has 1 heterocycles. The minimum absolute atomic E-state index is 0.0127. The van der Waals surface area contributed by atoms with Crippen LogP contribution < -0.4 is 5.32 Å². The lowest BCUT2D eigenvalue weighted by atomic mass is 10.3. The first-order valence-corrected chi connectivity index (χ1v) is 4.09. The van der Waals surface area contributed by atoms with Crippen LogP contribution in [0, 0.1) is 0 Å². The van der Waals surface area contributed by atoms with Gasteiger partial charge in [0.25, 0.3) is 0 Å². The molecule has 0 bridgehead atoms. The Morgan fingerprint density at radius 1 is 1.67 bits per heavy atom. The number of aliphatic hydroxyl groups is 1. The molecule has 0 amide bonds. The van der Waals surface area contributed by atoms with Gasteiger partial charge in [0.15, 0.2) is 0 Å². The van der Waals surface area contributed by atoms with E-state index in [2.05, 4.69) is 10.3 Å². The molecule has 1 atom stereocenters. The first kappa shape index (κ1) is 9.29. The second-order valence-corrected chi connectivity index (χ2v) is 3.03. The lowest BCUT2D eigenvalue weighted by Gasteiger charge is -2.10. The smallest absolute Gasteiger partial charge is 0.126 e. The van der Waals surface area contributed by atoms with Gasteiger partial charge >= 0.3 is 0 Å². The third kappa shape index (κ3) is 2.68. The van der Waals surface area contributed by atoms with E-state index in [1.54, 1.807) is 18.3 Å². The van der Waals surface area contributed by atoms with Gasteiger partial charge in [0.1, 0.15) is 5.82 Å². The Morgan fingerprint density at radius 2 is 2.42 bits per heavy atom. The molecule has 0 radical (unpaired) electrons. The molecule has 2 N–H and O–H groups in total. The predicted molar refractivity (Wildman–Crippen MR) is 49.4 cm³/mol. The summed E-state index contributed by atoms with van der Waals surface area (Å²) in [6.07, 6.45) is 1.56. The standard InChI is InChI=1S/C8H11ClN2O/c1-6(5-12)11-8-3-2-7(9)4-10-8/h2-4,6,12H,5H2,1H3,(H,10,11)/t6-/m0/s1. The van der Waals surface area contributed by atoms with Gasteiger partial charge < -0.3 is 10.4 Å². The molecular formula is C8H11ClN2O. The highest BCUT2D eigenvalue weighted by Gasteiger charge is 1.99. The molecule has 1 rings (SSSR count). The van der Waals surface area contributed by atoms with Crippen LogP contribution >= 0.6 is 11.6 Å². The Kier molecular flexibility index (Phi) is 3.31. The molecule has 1 aromatic heterocycles. The molecule has 4 heteroatoms. The molecule has 0 unspecified atom stereocenters. The Labute approximate surface area is 76.4 Å². The highest BCUT2D eigenvalue weighted by molar-refractivity contribution is 6.30. The van der Waals surface area contributed by atoms with Crippen molar-refractivity contribution < 1.29 is 5.11 Å². The maximum atomic E-state index is 8.73. The van der Waals surface area contributed by atoms with Gasteiger partial charge in [-0.15, -0.1) is 0 Å². The van der Waals surface area contributed by atoms with E-state index in [4.69, 9.17) is 16.7 Å². The number of nitrogens with zero attached hydrogens (tertiary/aromatic N) is 1. The number of aromatic nitrogens is 1. The number of nitrogens with one attached hydrogen (secondary N) is 1. The molecule has 0 saturated heterocycles. The number of halogens is 1. The Hall–Kier alpha value is -0.800. The fourth-order valence-electron chi connectivity index (χ4n) is 0.759. The van der Waals surface area contributed by atoms with Crippen molar-refractivity contribution in [1.82, 2.24) is 4.98 Å². The molecule has 66 valence electrons. The molecule has 12 heavy (non-hydrogen) atoms. The summed E-state index contributed by atoms with van der Waals surface area (Å²) in [4.78, 5) is 4.01. The maximum absolute atomic E-state index is 8.73. The third-order valence-electron chi connectivity index (χ3n) is 1.40. The topological polar surface area (TPSA) is 45.1 Å². The van der Waals surface area contributed by atoms with Gasteiger partial charge in [0.05, 0.1) is 11.6 Å². The van der Waals surface area contributed by atoms with Crippen LogP contribution in [-0.2, 0) is 0 Å². The lowest BCUT2D eigenvalue weighted by Crippen LogP contribution is -2.19. The van der Waals surface area contributed by atoms with Crippen molar-refractivity contribution >= 4 is 17.4 Å². The zero-order chi connectivity index (χ0) is 8.97. The van der Waals surface area contributed by atoms with Gasteiger partial charge in [-0.25, -0.2) is 4.98 Å². The average Bonchev–Trinajstić information content (AvgIpc) is 2.09. The van der Waals surface area contributed by atoms with Crippen LogP contribution in [-0.4, -0.2) is 22.7 Å². The van der Waals surface area contributed by atoms with Crippen LogP contribution in [0.2, 0.25) is 5.02 Å². The molecule has 0 spiro atoms. The van der Waals surface area contributed by atoms with Gasteiger partial charge in [0.2, 0.25) is 0 Å². The number of aliphatic hydroxyl groups excluding tert-OH is 1. The van der Waals surface area contributed by atoms with Crippen molar-refractivity contribution in [1.29, 1.82) is 0 Å². The summed E-state index contributed by atoms with van der Waals surface area (Å²) < 4.78 is 0. The second-order valence-electron chi connectivity index (χ2n) is 2.59. The summed E-state index contributed by atoms with van der Waals surface area (Å²) in [5, 5.41) is 12.3. The fourth-order valence-corrected chi connectivity index (χ4v) is 0.871. The Morgan fingerprint density at radius 3 is 2.92 bits per heavy atom. The van der Waals surface area contributed by atoms with Gasteiger partial charge in [-0.1, -0.05) is 11.6 Å². The van der Waals surface area contributed by atoms with E-state index in [1.807, 2.05) is 6.92 Å². The SMILES string of the molecule is C[C@@H](CO)Nc1ccc(Cl)cn1. The van der Waals surface area contributed by atoms with E-state index in [1.165, 1.54) is 0 Å². The van der Waals surface area contributed by atoms with Crippen molar-refractivity contribution in [3.05, 3.63) is 23.4 Å². The van der Waals surface area contributed by atoms with Crippen LogP contribution in [0.5, 0.6) is 0 Å². The van der Waals surface area contributed by atoms with Crippen LogP contribution in [0.25, 0.3) is 0 Å². The van der Waals surface area contributed by atoms with E-state index in [0.717, 1.165) is 5.82 Å². The number of hydrogen-bond donors (Lipinski definition) is 2. The van der Waals surface area contributed by atoms with Crippen LogP contribution in [0.15, 0.2) is 18.3 Å². The van der Waals surface area contributed by atoms with E-state index in [-0.39, 0.29) is 12.6 Å². The molecule has 3 nitrogen and oxygen atoms in total. The first-order chi connectivity index (χ1) is 5.72. The molecule has 0 saturated carbocycles. The van der Waals surface area contributed by atoms with Gasteiger partial charge in [0, 0.05) is 12.2 Å². The van der Waals surface area contributed by atoms with Gasteiger partial charge in [-0.3, -0.25) is 0 Å². The van der Waals surface area contributed by atoms with Crippen LogP contribution in [0.4, 0.5) is 5.82 Å². The van der Waals surface area contributed by atoms with E-state index < -0.39 is 0 Å². The molecular weight excluding hydrogens is 176 g/mol. The summed E-state index contributed by atoms with van der Waals surface area (Å²) in [6, 6.07) is 3.54. The maximum Gasteiger partial charge on any atom is 0.126 e. The molecule has 0 fully saturated rings. The van der Waals surface area contributed by atoms with Crippen molar-refractivity contribution in [3.63, 3.8) is 0 Å².